The van der Waals surface area contributed by atoms with Crippen LogP contribution >= 0.6 is 11.6 Å². The Balaban J connectivity index is 2.01. The van der Waals surface area contributed by atoms with Crippen molar-refractivity contribution in [2.75, 3.05) is 6.54 Å². The minimum Gasteiger partial charge on any atom is -0.453 e. The zero-order valence-corrected chi connectivity index (χ0v) is 11.4. The molecule has 0 aliphatic carbocycles. The van der Waals surface area contributed by atoms with Gasteiger partial charge in [0.15, 0.2) is 5.22 Å². The molecule has 18 heavy (non-hydrogen) atoms. The minimum absolute atomic E-state index is 0.224. The summed E-state index contributed by atoms with van der Waals surface area (Å²) in [5, 5.41) is 8.08. The van der Waals surface area contributed by atoms with Gasteiger partial charge in [-0.15, -0.1) is 0 Å². The number of furan rings is 1. The van der Waals surface area contributed by atoms with Crippen molar-refractivity contribution in [3.63, 3.8) is 0 Å². The van der Waals surface area contributed by atoms with Crippen molar-refractivity contribution >= 4 is 11.6 Å². The lowest BCUT2D eigenvalue weighted by atomic mass is 10.0. The average molecular weight is 268 g/mol. The number of hydrogen-bond acceptors (Lipinski definition) is 3. The first-order valence-electron chi connectivity index (χ1n) is 6.14. The maximum atomic E-state index is 6.03. The molecule has 2 aromatic rings. The topological polar surface area (TPSA) is 43.0 Å². The Morgan fingerprint density at radius 1 is 1.56 bits per heavy atom. The van der Waals surface area contributed by atoms with Crippen LogP contribution in [0.5, 0.6) is 0 Å². The van der Waals surface area contributed by atoms with E-state index in [4.69, 9.17) is 16.0 Å². The van der Waals surface area contributed by atoms with Crippen molar-refractivity contribution in [1.29, 1.82) is 0 Å². The van der Waals surface area contributed by atoms with Crippen LogP contribution in [0.25, 0.3) is 0 Å². The SMILES string of the molecule is CCNC(CCc1cnn(C)c1)c1ccoc1Cl. The molecule has 0 aliphatic rings. The molecule has 0 saturated heterocycles. The summed E-state index contributed by atoms with van der Waals surface area (Å²) in [6, 6.07) is 2.15. The number of nitrogens with one attached hydrogen (secondary N) is 1. The zero-order valence-electron chi connectivity index (χ0n) is 10.7. The molecule has 0 saturated carbocycles. The van der Waals surface area contributed by atoms with Gasteiger partial charge in [0.05, 0.1) is 12.5 Å². The highest BCUT2D eigenvalue weighted by molar-refractivity contribution is 6.29. The predicted molar refractivity (Wildman–Crippen MR) is 71.7 cm³/mol. The van der Waals surface area contributed by atoms with Crippen LogP contribution in [0.4, 0.5) is 0 Å². The van der Waals surface area contributed by atoms with E-state index in [1.165, 1.54) is 5.56 Å². The van der Waals surface area contributed by atoms with E-state index < -0.39 is 0 Å². The molecule has 2 heterocycles. The molecule has 0 aliphatic heterocycles. The van der Waals surface area contributed by atoms with Gasteiger partial charge < -0.3 is 9.73 Å². The molecule has 0 amide bonds. The van der Waals surface area contributed by atoms with Crippen LogP contribution in [0.3, 0.4) is 0 Å². The van der Waals surface area contributed by atoms with E-state index in [0.717, 1.165) is 24.9 Å². The number of aromatic nitrogens is 2. The first kappa shape index (κ1) is 13.2. The first-order chi connectivity index (χ1) is 8.70. The number of aryl methyl sites for hydroxylation is 2. The molecule has 5 heteroatoms. The number of nitrogens with zero attached hydrogens (tertiary/aromatic N) is 2. The summed E-state index contributed by atoms with van der Waals surface area (Å²) in [6.45, 7) is 2.99. The van der Waals surface area contributed by atoms with Crippen molar-refractivity contribution in [3.8, 4) is 0 Å². The van der Waals surface area contributed by atoms with Gasteiger partial charge in [-0.2, -0.15) is 5.10 Å². The molecule has 2 aromatic heterocycles. The Labute approximate surface area is 112 Å². The molecule has 1 atom stereocenters. The number of hydrogen-bond donors (Lipinski definition) is 1. The van der Waals surface area contributed by atoms with E-state index in [-0.39, 0.29) is 6.04 Å². The van der Waals surface area contributed by atoms with Gasteiger partial charge in [0, 0.05) is 24.8 Å². The monoisotopic (exact) mass is 267 g/mol. The summed E-state index contributed by atoms with van der Waals surface area (Å²) in [7, 11) is 1.93. The molecular formula is C13H18ClN3O. The number of halogens is 1. The lowest BCUT2D eigenvalue weighted by Crippen LogP contribution is -2.21. The van der Waals surface area contributed by atoms with E-state index in [2.05, 4.69) is 17.3 Å². The maximum absolute atomic E-state index is 6.03. The van der Waals surface area contributed by atoms with Gasteiger partial charge in [0.25, 0.3) is 0 Å². The summed E-state index contributed by atoms with van der Waals surface area (Å²) in [5.41, 5.74) is 2.27. The Hall–Kier alpha value is -1.26. The molecular weight excluding hydrogens is 250 g/mol. The van der Waals surface area contributed by atoms with Crippen LogP contribution in [0.2, 0.25) is 5.22 Å². The molecule has 1 N–H and O–H groups in total. The van der Waals surface area contributed by atoms with Gasteiger partial charge in [0.2, 0.25) is 0 Å². The van der Waals surface area contributed by atoms with Crippen molar-refractivity contribution in [3.05, 3.63) is 41.1 Å². The van der Waals surface area contributed by atoms with Crippen LogP contribution in [0.15, 0.2) is 29.1 Å². The summed E-state index contributed by atoms with van der Waals surface area (Å²) in [4.78, 5) is 0. The molecule has 0 fully saturated rings. The van der Waals surface area contributed by atoms with Crippen LogP contribution in [0, 0.1) is 0 Å². The Morgan fingerprint density at radius 3 is 2.94 bits per heavy atom. The predicted octanol–water partition coefficient (Wildman–Crippen LogP) is 2.95. The molecule has 4 nitrogen and oxygen atoms in total. The van der Waals surface area contributed by atoms with E-state index in [1.807, 2.05) is 30.2 Å². The lowest BCUT2D eigenvalue weighted by molar-refractivity contribution is 0.502. The van der Waals surface area contributed by atoms with E-state index in [0.29, 0.717) is 5.22 Å². The van der Waals surface area contributed by atoms with Crippen LogP contribution in [-0.2, 0) is 13.5 Å². The van der Waals surface area contributed by atoms with Crippen molar-refractivity contribution in [2.24, 2.45) is 7.05 Å². The molecule has 0 bridgehead atoms. The fraction of sp³-hybridized carbons (Fsp3) is 0.462. The van der Waals surface area contributed by atoms with Crippen LogP contribution < -0.4 is 5.32 Å². The van der Waals surface area contributed by atoms with Gasteiger partial charge in [-0.25, -0.2) is 0 Å². The van der Waals surface area contributed by atoms with E-state index >= 15 is 0 Å². The Kier molecular flexibility index (Phi) is 4.44. The van der Waals surface area contributed by atoms with Gasteiger partial charge in [-0.05, 0) is 42.6 Å². The van der Waals surface area contributed by atoms with Crippen molar-refractivity contribution in [2.45, 2.75) is 25.8 Å². The van der Waals surface area contributed by atoms with Crippen LogP contribution in [0.1, 0.15) is 30.5 Å². The third kappa shape index (κ3) is 3.15. The molecule has 98 valence electrons. The lowest BCUT2D eigenvalue weighted by Gasteiger charge is -2.16. The summed E-state index contributed by atoms with van der Waals surface area (Å²) in [6.07, 6.45) is 7.51. The van der Waals surface area contributed by atoms with E-state index in [1.54, 1.807) is 6.26 Å². The molecule has 0 spiro atoms. The molecule has 0 radical (unpaired) electrons. The average Bonchev–Trinajstić information content (AvgIpc) is 2.94. The summed E-state index contributed by atoms with van der Waals surface area (Å²) in [5.74, 6) is 0. The highest BCUT2D eigenvalue weighted by Gasteiger charge is 2.16. The maximum Gasteiger partial charge on any atom is 0.197 e. The van der Waals surface area contributed by atoms with Gasteiger partial charge >= 0.3 is 0 Å². The fourth-order valence-corrected chi connectivity index (χ4v) is 2.33. The van der Waals surface area contributed by atoms with Crippen molar-refractivity contribution < 1.29 is 4.42 Å². The standard InChI is InChI=1S/C13H18ClN3O/c1-3-15-12(11-6-7-18-13(11)14)5-4-10-8-16-17(2)9-10/h6-9,12,15H,3-5H2,1-2H3. The Bertz CT molecular complexity index is 492. The third-order valence-electron chi connectivity index (χ3n) is 2.95. The fourth-order valence-electron chi connectivity index (χ4n) is 2.08. The minimum atomic E-state index is 0.224. The zero-order chi connectivity index (χ0) is 13.0. The third-order valence-corrected chi connectivity index (χ3v) is 3.26. The molecule has 2 rings (SSSR count). The first-order valence-corrected chi connectivity index (χ1v) is 6.52. The highest BCUT2D eigenvalue weighted by Crippen LogP contribution is 2.27. The van der Waals surface area contributed by atoms with Crippen LogP contribution in [-0.4, -0.2) is 16.3 Å². The normalized spacial score (nSPS) is 12.8. The summed E-state index contributed by atoms with van der Waals surface area (Å²) >= 11 is 6.03. The second-order valence-electron chi connectivity index (χ2n) is 4.32. The Morgan fingerprint density at radius 2 is 2.39 bits per heavy atom. The van der Waals surface area contributed by atoms with Gasteiger partial charge in [-0.1, -0.05) is 6.92 Å². The van der Waals surface area contributed by atoms with Crippen molar-refractivity contribution in [1.82, 2.24) is 15.1 Å². The smallest absolute Gasteiger partial charge is 0.197 e. The highest BCUT2D eigenvalue weighted by atomic mass is 35.5. The second kappa shape index (κ2) is 6.07. The van der Waals surface area contributed by atoms with Gasteiger partial charge in [0.1, 0.15) is 0 Å². The largest absolute Gasteiger partial charge is 0.453 e. The molecule has 1 unspecified atom stereocenters. The summed E-state index contributed by atoms with van der Waals surface area (Å²) < 4.78 is 6.98. The molecule has 0 aromatic carbocycles. The van der Waals surface area contributed by atoms with Gasteiger partial charge in [-0.3, -0.25) is 4.68 Å². The second-order valence-corrected chi connectivity index (χ2v) is 4.66. The number of rotatable bonds is 6. The van der Waals surface area contributed by atoms with E-state index in [9.17, 15) is 0 Å². The quantitative estimate of drug-likeness (QED) is 0.875.